The van der Waals surface area contributed by atoms with Gasteiger partial charge in [0.15, 0.2) is 11.6 Å². The number of rotatable bonds is 4. The van der Waals surface area contributed by atoms with Crippen molar-refractivity contribution in [3.05, 3.63) is 107 Å². The van der Waals surface area contributed by atoms with Crippen molar-refractivity contribution in [2.24, 2.45) is 0 Å². The third-order valence-electron chi connectivity index (χ3n) is 4.50. The molecule has 0 unspecified atom stereocenters. The third kappa shape index (κ3) is 2.64. The Morgan fingerprint density at radius 2 is 1.50 bits per heavy atom. The van der Waals surface area contributed by atoms with Gasteiger partial charge in [0.25, 0.3) is 0 Å². The van der Waals surface area contributed by atoms with Crippen molar-refractivity contribution in [1.29, 1.82) is 0 Å². The van der Waals surface area contributed by atoms with E-state index < -0.39 is 0 Å². The van der Waals surface area contributed by atoms with Crippen molar-refractivity contribution in [3.8, 4) is 5.75 Å². The molecular formula is C23H16O3. The van der Waals surface area contributed by atoms with Gasteiger partial charge >= 0.3 is 0 Å². The molecule has 3 heteroatoms. The average molecular weight is 340 g/mol. The van der Waals surface area contributed by atoms with Crippen LogP contribution in [0.3, 0.4) is 0 Å². The molecule has 4 rings (SSSR count). The van der Waals surface area contributed by atoms with E-state index in [2.05, 4.69) is 6.58 Å². The molecule has 126 valence electrons. The Balaban J connectivity index is 1.70. The maximum atomic E-state index is 12.9. The van der Waals surface area contributed by atoms with Crippen LogP contribution in [-0.4, -0.2) is 11.6 Å². The topological polar surface area (TPSA) is 43.4 Å². The van der Waals surface area contributed by atoms with Crippen LogP contribution in [0.4, 0.5) is 0 Å². The lowest BCUT2D eigenvalue weighted by atomic mass is 9.83. The maximum absolute atomic E-state index is 12.9. The molecule has 1 aliphatic carbocycles. The van der Waals surface area contributed by atoms with E-state index in [4.69, 9.17) is 4.74 Å². The van der Waals surface area contributed by atoms with Crippen LogP contribution in [0.15, 0.2) is 73.3 Å². The Morgan fingerprint density at radius 1 is 0.808 bits per heavy atom. The fraction of sp³-hybridized carbons (Fsp3) is 0.0435. The lowest BCUT2D eigenvalue weighted by molar-refractivity contribution is 0.0975. The Kier molecular flexibility index (Phi) is 3.98. The van der Waals surface area contributed by atoms with Gasteiger partial charge in [-0.15, -0.1) is 0 Å². The molecule has 0 atom stereocenters. The lowest BCUT2D eigenvalue weighted by Gasteiger charge is -2.20. The SMILES string of the molecule is C=Cc1cccc(COc2cccc3c2C(=O)c2ccccc2C3=O)c1. The fourth-order valence-electron chi connectivity index (χ4n) is 3.20. The normalized spacial score (nSPS) is 12.3. The highest BCUT2D eigenvalue weighted by Gasteiger charge is 2.31. The minimum Gasteiger partial charge on any atom is -0.488 e. The summed E-state index contributed by atoms with van der Waals surface area (Å²) in [5, 5.41) is 0. The van der Waals surface area contributed by atoms with Gasteiger partial charge in [0.1, 0.15) is 12.4 Å². The Labute approximate surface area is 151 Å². The second-order valence-electron chi connectivity index (χ2n) is 6.12. The summed E-state index contributed by atoms with van der Waals surface area (Å²) in [5.41, 5.74) is 3.58. The first-order chi connectivity index (χ1) is 12.7. The highest BCUT2D eigenvalue weighted by atomic mass is 16.5. The van der Waals surface area contributed by atoms with Crippen LogP contribution in [0.25, 0.3) is 6.08 Å². The fourth-order valence-corrected chi connectivity index (χ4v) is 3.20. The molecule has 0 radical (unpaired) electrons. The number of benzene rings is 3. The van der Waals surface area contributed by atoms with Crippen LogP contribution in [-0.2, 0) is 6.61 Å². The van der Waals surface area contributed by atoms with Crippen LogP contribution in [0, 0.1) is 0 Å². The summed E-state index contributed by atoms with van der Waals surface area (Å²) in [7, 11) is 0. The zero-order chi connectivity index (χ0) is 18.1. The van der Waals surface area contributed by atoms with Crippen LogP contribution in [0.2, 0.25) is 0 Å². The van der Waals surface area contributed by atoms with E-state index in [-0.39, 0.29) is 11.6 Å². The number of fused-ring (bicyclic) bond motifs is 2. The molecule has 1 aliphatic rings. The zero-order valence-corrected chi connectivity index (χ0v) is 14.1. The summed E-state index contributed by atoms with van der Waals surface area (Å²) in [6, 6.07) is 19.9. The largest absolute Gasteiger partial charge is 0.488 e. The summed E-state index contributed by atoms with van der Waals surface area (Å²) in [4.78, 5) is 25.7. The molecule has 26 heavy (non-hydrogen) atoms. The molecular weight excluding hydrogens is 324 g/mol. The highest BCUT2D eigenvalue weighted by Crippen LogP contribution is 2.33. The maximum Gasteiger partial charge on any atom is 0.198 e. The molecule has 0 N–H and O–H groups in total. The molecule has 0 saturated carbocycles. The van der Waals surface area contributed by atoms with E-state index >= 15 is 0 Å². The Bertz CT molecular complexity index is 1050. The molecule has 3 aromatic carbocycles. The highest BCUT2D eigenvalue weighted by molar-refractivity contribution is 6.29. The molecule has 0 bridgehead atoms. The summed E-state index contributed by atoms with van der Waals surface area (Å²) in [6.45, 7) is 4.07. The van der Waals surface area contributed by atoms with Crippen LogP contribution in [0.1, 0.15) is 43.0 Å². The predicted molar refractivity (Wildman–Crippen MR) is 101 cm³/mol. The van der Waals surface area contributed by atoms with Gasteiger partial charge in [-0.05, 0) is 23.3 Å². The van der Waals surface area contributed by atoms with Crippen LogP contribution in [0.5, 0.6) is 5.75 Å². The first kappa shape index (κ1) is 16.0. The number of hydrogen-bond acceptors (Lipinski definition) is 3. The van der Waals surface area contributed by atoms with Crippen LogP contribution < -0.4 is 4.74 Å². The molecule has 0 heterocycles. The first-order valence-electron chi connectivity index (χ1n) is 8.34. The predicted octanol–water partition coefficient (Wildman–Crippen LogP) is 4.68. The minimum atomic E-state index is -0.175. The van der Waals surface area contributed by atoms with Crippen molar-refractivity contribution in [1.82, 2.24) is 0 Å². The van der Waals surface area contributed by atoms with Gasteiger partial charge in [-0.2, -0.15) is 0 Å². The molecule has 0 aromatic heterocycles. The average Bonchev–Trinajstić information content (AvgIpc) is 2.70. The molecule has 0 amide bonds. The molecule has 3 nitrogen and oxygen atoms in total. The Hall–Kier alpha value is -3.46. The van der Waals surface area contributed by atoms with Gasteiger partial charge in [-0.1, -0.05) is 67.3 Å². The monoisotopic (exact) mass is 340 g/mol. The van der Waals surface area contributed by atoms with Crippen molar-refractivity contribution in [3.63, 3.8) is 0 Å². The minimum absolute atomic E-state index is 0.144. The summed E-state index contributed by atoms with van der Waals surface area (Å²) < 4.78 is 5.92. The second-order valence-corrected chi connectivity index (χ2v) is 6.12. The van der Waals surface area contributed by atoms with Crippen molar-refractivity contribution in [2.75, 3.05) is 0 Å². The van der Waals surface area contributed by atoms with E-state index in [0.717, 1.165) is 11.1 Å². The van der Waals surface area contributed by atoms with E-state index in [1.807, 2.05) is 24.3 Å². The second kappa shape index (κ2) is 6.45. The zero-order valence-electron chi connectivity index (χ0n) is 14.1. The number of ether oxygens (including phenoxy) is 1. The van der Waals surface area contributed by atoms with Gasteiger partial charge in [0.05, 0.1) is 5.56 Å². The van der Waals surface area contributed by atoms with Gasteiger partial charge < -0.3 is 4.74 Å². The van der Waals surface area contributed by atoms with Crippen molar-refractivity contribution >= 4 is 17.6 Å². The molecule has 0 aliphatic heterocycles. The van der Waals surface area contributed by atoms with E-state index in [1.165, 1.54) is 0 Å². The van der Waals surface area contributed by atoms with Gasteiger partial charge in [-0.25, -0.2) is 0 Å². The van der Waals surface area contributed by atoms with Crippen molar-refractivity contribution < 1.29 is 14.3 Å². The Morgan fingerprint density at radius 3 is 2.27 bits per heavy atom. The van der Waals surface area contributed by atoms with Crippen molar-refractivity contribution in [2.45, 2.75) is 6.61 Å². The summed E-state index contributed by atoms with van der Waals surface area (Å²) in [6.07, 6.45) is 1.77. The standard InChI is InChI=1S/C23H16O3/c1-2-15-7-5-8-16(13-15)14-26-20-12-6-11-19-21(20)23(25)18-10-4-3-9-17(18)22(19)24/h2-13H,1,14H2. The van der Waals surface area contributed by atoms with E-state index in [0.29, 0.717) is 34.6 Å². The molecule has 0 spiro atoms. The van der Waals surface area contributed by atoms with Gasteiger partial charge in [0, 0.05) is 16.7 Å². The molecule has 3 aromatic rings. The summed E-state index contributed by atoms with van der Waals surface area (Å²) >= 11 is 0. The van der Waals surface area contributed by atoms with E-state index in [1.54, 1.807) is 48.5 Å². The quantitative estimate of drug-likeness (QED) is 0.541. The number of carbonyl (C=O) groups excluding carboxylic acids is 2. The number of ketones is 2. The van der Waals surface area contributed by atoms with E-state index in [9.17, 15) is 9.59 Å². The molecule has 0 saturated heterocycles. The third-order valence-corrected chi connectivity index (χ3v) is 4.50. The number of hydrogen-bond donors (Lipinski definition) is 0. The lowest BCUT2D eigenvalue weighted by Crippen LogP contribution is -2.21. The molecule has 0 fully saturated rings. The van der Waals surface area contributed by atoms with Gasteiger partial charge in [0.2, 0.25) is 0 Å². The summed E-state index contributed by atoms with van der Waals surface area (Å²) in [5.74, 6) is 0.110. The van der Waals surface area contributed by atoms with Gasteiger partial charge in [-0.3, -0.25) is 9.59 Å². The number of carbonyl (C=O) groups is 2. The smallest absolute Gasteiger partial charge is 0.198 e. The first-order valence-corrected chi connectivity index (χ1v) is 8.34. The van der Waals surface area contributed by atoms with Crippen LogP contribution >= 0.6 is 0 Å².